The summed E-state index contributed by atoms with van der Waals surface area (Å²) in [6.45, 7) is 1.61. The van der Waals surface area contributed by atoms with Crippen LogP contribution in [0.4, 0.5) is 0 Å². The van der Waals surface area contributed by atoms with Crippen LogP contribution in [0.2, 0.25) is 10.0 Å². The van der Waals surface area contributed by atoms with Crippen LogP contribution in [0.5, 0.6) is 5.75 Å². The minimum absolute atomic E-state index is 0.347. The number of hydrogen-bond donors (Lipinski definition) is 1. The van der Waals surface area contributed by atoms with E-state index in [1.165, 1.54) is 0 Å². The lowest BCUT2D eigenvalue weighted by Gasteiger charge is -2.14. The van der Waals surface area contributed by atoms with Crippen molar-refractivity contribution in [3.63, 3.8) is 0 Å². The zero-order valence-electron chi connectivity index (χ0n) is 13.1. The van der Waals surface area contributed by atoms with Crippen LogP contribution in [-0.4, -0.2) is 24.5 Å². The Morgan fingerprint density at radius 1 is 1.25 bits per heavy atom. The van der Waals surface area contributed by atoms with Gasteiger partial charge in [0.25, 0.3) is 5.91 Å². The van der Waals surface area contributed by atoms with Gasteiger partial charge in [0.15, 0.2) is 6.10 Å². The van der Waals surface area contributed by atoms with Crippen LogP contribution in [0.1, 0.15) is 12.5 Å². The highest BCUT2D eigenvalue weighted by Crippen LogP contribution is 2.28. The summed E-state index contributed by atoms with van der Waals surface area (Å²) in [5, 5.41) is 4.78. The Morgan fingerprint density at radius 3 is 2.58 bits per heavy atom. The average molecular weight is 383 g/mol. The van der Waals surface area contributed by atoms with Crippen LogP contribution in [0.25, 0.3) is 0 Å². The molecule has 24 heavy (non-hydrogen) atoms. The quantitative estimate of drug-likeness (QED) is 0.449. The molecule has 2 aromatic carbocycles. The van der Waals surface area contributed by atoms with E-state index in [1.54, 1.807) is 43.1 Å². The standard InChI is InChI=1S/C17H16Cl2N2O2S/c1-11(23-16-8-5-13(18)9-15(16)19)17(22)21-20-10-12-3-6-14(24-2)7-4-12/h3-11H,1-2H3,(H,21,22). The fraction of sp³-hybridized carbons (Fsp3) is 0.176. The van der Waals surface area contributed by atoms with Crippen molar-refractivity contribution in [1.29, 1.82) is 0 Å². The van der Waals surface area contributed by atoms with Crippen molar-refractivity contribution in [2.75, 3.05) is 6.26 Å². The number of hydrogen-bond acceptors (Lipinski definition) is 4. The van der Waals surface area contributed by atoms with Gasteiger partial charge in [-0.25, -0.2) is 5.43 Å². The monoisotopic (exact) mass is 382 g/mol. The maximum absolute atomic E-state index is 12.0. The number of nitrogens with zero attached hydrogens (tertiary/aromatic N) is 1. The van der Waals surface area contributed by atoms with E-state index in [-0.39, 0.29) is 5.91 Å². The SMILES string of the molecule is CSc1ccc(C=NNC(=O)C(C)Oc2ccc(Cl)cc2Cl)cc1. The molecule has 2 rings (SSSR count). The molecule has 4 nitrogen and oxygen atoms in total. The van der Waals surface area contributed by atoms with Gasteiger partial charge >= 0.3 is 0 Å². The summed E-state index contributed by atoms with van der Waals surface area (Å²) in [5.41, 5.74) is 3.33. The molecular weight excluding hydrogens is 367 g/mol. The molecule has 1 amide bonds. The second-order valence-electron chi connectivity index (χ2n) is 4.84. The van der Waals surface area contributed by atoms with Crippen molar-refractivity contribution in [2.45, 2.75) is 17.9 Å². The minimum Gasteiger partial charge on any atom is -0.479 e. The van der Waals surface area contributed by atoms with Crippen molar-refractivity contribution >= 4 is 47.1 Å². The Kier molecular flexibility index (Phi) is 6.97. The van der Waals surface area contributed by atoms with E-state index in [0.29, 0.717) is 15.8 Å². The van der Waals surface area contributed by atoms with Crippen LogP contribution in [-0.2, 0) is 4.79 Å². The predicted molar refractivity (Wildman–Crippen MR) is 101 cm³/mol. The molecule has 0 aliphatic rings. The number of benzene rings is 2. The van der Waals surface area contributed by atoms with E-state index < -0.39 is 6.10 Å². The molecular formula is C17H16Cl2N2O2S. The highest BCUT2D eigenvalue weighted by atomic mass is 35.5. The van der Waals surface area contributed by atoms with Crippen molar-refractivity contribution in [3.8, 4) is 5.75 Å². The van der Waals surface area contributed by atoms with Gasteiger partial charge in [0.2, 0.25) is 0 Å². The molecule has 1 N–H and O–H groups in total. The molecule has 126 valence electrons. The molecule has 1 unspecified atom stereocenters. The molecule has 0 aliphatic heterocycles. The zero-order chi connectivity index (χ0) is 17.5. The van der Waals surface area contributed by atoms with Gasteiger partial charge in [0, 0.05) is 9.92 Å². The number of hydrazone groups is 1. The summed E-state index contributed by atoms with van der Waals surface area (Å²) in [6.07, 6.45) is 2.83. The Balaban J connectivity index is 1.89. The van der Waals surface area contributed by atoms with Gasteiger partial charge < -0.3 is 4.74 Å². The summed E-state index contributed by atoms with van der Waals surface area (Å²) >= 11 is 13.5. The molecule has 0 aromatic heterocycles. The summed E-state index contributed by atoms with van der Waals surface area (Å²) < 4.78 is 5.52. The normalized spacial score (nSPS) is 12.2. The maximum atomic E-state index is 12.0. The van der Waals surface area contributed by atoms with E-state index >= 15 is 0 Å². The molecule has 1 atom stereocenters. The first-order valence-corrected chi connectivity index (χ1v) is 9.06. The third-order valence-electron chi connectivity index (χ3n) is 3.07. The second kappa shape index (κ2) is 8.97. The summed E-state index contributed by atoms with van der Waals surface area (Å²) in [6, 6.07) is 12.6. The number of halogens is 2. The van der Waals surface area contributed by atoms with E-state index in [1.807, 2.05) is 30.5 Å². The lowest BCUT2D eigenvalue weighted by Crippen LogP contribution is -2.33. The topological polar surface area (TPSA) is 50.7 Å². The summed E-state index contributed by atoms with van der Waals surface area (Å²) in [4.78, 5) is 13.2. The van der Waals surface area contributed by atoms with Crippen LogP contribution in [0, 0.1) is 0 Å². The Morgan fingerprint density at radius 2 is 1.96 bits per heavy atom. The summed E-state index contributed by atoms with van der Waals surface area (Å²) in [7, 11) is 0. The zero-order valence-corrected chi connectivity index (χ0v) is 15.5. The van der Waals surface area contributed by atoms with Gasteiger partial charge in [-0.1, -0.05) is 35.3 Å². The van der Waals surface area contributed by atoms with Crippen molar-refractivity contribution in [2.24, 2.45) is 5.10 Å². The second-order valence-corrected chi connectivity index (χ2v) is 6.57. The Bertz CT molecular complexity index is 736. The smallest absolute Gasteiger partial charge is 0.280 e. The van der Waals surface area contributed by atoms with Crippen molar-refractivity contribution < 1.29 is 9.53 Å². The Hall–Kier alpha value is -1.69. The van der Waals surface area contributed by atoms with Crippen LogP contribution in [0.15, 0.2) is 52.5 Å². The first-order chi connectivity index (χ1) is 11.5. The largest absolute Gasteiger partial charge is 0.479 e. The molecule has 2 aromatic rings. The van der Waals surface area contributed by atoms with Crippen LogP contribution < -0.4 is 10.2 Å². The molecule has 0 bridgehead atoms. The fourth-order valence-corrected chi connectivity index (χ4v) is 2.63. The van der Waals surface area contributed by atoms with E-state index in [4.69, 9.17) is 27.9 Å². The Labute approximate surface area is 155 Å². The van der Waals surface area contributed by atoms with Gasteiger partial charge in [-0.05, 0) is 49.1 Å². The molecule has 0 radical (unpaired) electrons. The number of ether oxygens (including phenoxy) is 1. The minimum atomic E-state index is -0.750. The van der Waals surface area contributed by atoms with Gasteiger partial charge in [0.05, 0.1) is 11.2 Å². The number of carbonyl (C=O) groups excluding carboxylic acids is 1. The maximum Gasteiger partial charge on any atom is 0.280 e. The van der Waals surface area contributed by atoms with E-state index in [2.05, 4.69) is 10.5 Å². The lowest BCUT2D eigenvalue weighted by atomic mass is 10.2. The number of carbonyl (C=O) groups is 1. The molecule has 0 heterocycles. The fourth-order valence-electron chi connectivity index (χ4n) is 1.77. The molecule has 0 saturated heterocycles. The highest BCUT2D eigenvalue weighted by molar-refractivity contribution is 7.98. The molecule has 0 saturated carbocycles. The number of amides is 1. The lowest BCUT2D eigenvalue weighted by molar-refractivity contribution is -0.127. The first kappa shape index (κ1) is 18.6. The predicted octanol–water partition coefficient (Wildman–Crippen LogP) is 4.63. The summed E-state index contributed by atoms with van der Waals surface area (Å²) in [5.74, 6) is 0.0124. The molecule has 7 heteroatoms. The van der Waals surface area contributed by atoms with E-state index in [0.717, 1.165) is 10.5 Å². The number of rotatable bonds is 6. The highest BCUT2D eigenvalue weighted by Gasteiger charge is 2.15. The molecule has 0 aliphatic carbocycles. The van der Waals surface area contributed by atoms with E-state index in [9.17, 15) is 4.79 Å². The average Bonchev–Trinajstić information content (AvgIpc) is 2.57. The van der Waals surface area contributed by atoms with Crippen LogP contribution in [0.3, 0.4) is 0 Å². The number of thioether (sulfide) groups is 1. The molecule has 0 spiro atoms. The van der Waals surface area contributed by atoms with Crippen molar-refractivity contribution in [1.82, 2.24) is 5.43 Å². The van der Waals surface area contributed by atoms with Gasteiger partial charge in [-0.3, -0.25) is 4.79 Å². The molecule has 0 fully saturated rings. The van der Waals surface area contributed by atoms with Crippen molar-refractivity contribution in [3.05, 3.63) is 58.1 Å². The van der Waals surface area contributed by atoms with Gasteiger partial charge in [-0.15, -0.1) is 11.8 Å². The van der Waals surface area contributed by atoms with Crippen LogP contribution >= 0.6 is 35.0 Å². The van der Waals surface area contributed by atoms with Gasteiger partial charge in [-0.2, -0.15) is 5.10 Å². The first-order valence-electron chi connectivity index (χ1n) is 7.08. The van der Waals surface area contributed by atoms with Gasteiger partial charge in [0.1, 0.15) is 5.75 Å². The number of nitrogens with one attached hydrogen (secondary N) is 1. The third kappa shape index (κ3) is 5.44. The third-order valence-corrected chi connectivity index (χ3v) is 4.35.